The summed E-state index contributed by atoms with van der Waals surface area (Å²) in [5.74, 6) is -1.95. The molecule has 0 radical (unpaired) electrons. The van der Waals surface area contributed by atoms with E-state index >= 15 is 0 Å². The van der Waals surface area contributed by atoms with E-state index in [1.54, 1.807) is 12.1 Å². The van der Waals surface area contributed by atoms with Gasteiger partial charge in [-0.3, -0.25) is 0 Å². The molecule has 6 rings (SSSR count). The molecule has 4 aromatic rings. The van der Waals surface area contributed by atoms with Crippen LogP contribution in [0.2, 0.25) is 0 Å². The van der Waals surface area contributed by atoms with Gasteiger partial charge in [0.15, 0.2) is 29.1 Å². The second kappa shape index (κ2) is 9.44. The Morgan fingerprint density at radius 2 is 1.18 bits per heavy atom. The van der Waals surface area contributed by atoms with Crippen LogP contribution in [0.4, 0.5) is 0 Å². The lowest BCUT2D eigenvalue weighted by atomic mass is 9.78. The van der Waals surface area contributed by atoms with Crippen LogP contribution in [0.1, 0.15) is 45.9 Å². The van der Waals surface area contributed by atoms with Crippen molar-refractivity contribution in [3.8, 4) is 46.0 Å². The lowest BCUT2D eigenvalue weighted by Crippen LogP contribution is -2.35. The number of hydrogen-bond acceptors (Lipinski definition) is 10. The van der Waals surface area contributed by atoms with Crippen LogP contribution in [-0.4, -0.2) is 53.1 Å². The van der Waals surface area contributed by atoms with Gasteiger partial charge in [0.2, 0.25) is 0 Å². The molecule has 0 unspecified atom stereocenters. The lowest BCUT2D eigenvalue weighted by Gasteiger charge is -2.38. The zero-order valence-corrected chi connectivity index (χ0v) is 20.8. The van der Waals surface area contributed by atoms with Crippen molar-refractivity contribution in [2.45, 2.75) is 36.8 Å². The molecule has 0 fully saturated rings. The summed E-state index contributed by atoms with van der Waals surface area (Å²) in [5.41, 5.74) is 2.18. The number of hydrogen-bond donors (Lipinski definition) is 8. The van der Waals surface area contributed by atoms with Crippen molar-refractivity contribution in [2.24, 2.45) is 0 Å². The molecule has 10 nitrogen and oxygen atoms in total. The van der Waals surface area contributed by atoms with Gasteiger partial charge in [-0.05, 0) is 53.1 Å². The number of fused-ring (bicyclic) bond motifs is 2. The van der Waals surface area contributed by atoms with E-state index in [-0.39, 0.29) is 40.9 Å². The van der Waals surface area contributed by atoms with Crippen LogP contribution < -0.4 is 9.47 Å². The first kappa shape index (κ1) is 25.5. The fourth-order valence-electron chi connectivity index (χ4n) is 5.49. The van der Waals surface area contributed by atoms with Crippen LogP contribution in [0.5, 0.6) is 46.0 Å². The maximum atomic E-state index is 11.6. The van der Waals surface area contributed by atoms with Crippen LogP contribution in [-0.2, 0) is 6.42 Å². The molecule has 0 saturated carbocycles. The third-order valence-electron chi connectivity index (χ3n) is 7.47. The number of aliphatic hydroxyl groups excluding tert-OH is 2. The molecule has 2 heterocycles. The highest BCUT2D eigenvalue weighted by Gasteiger charge is 2.42. The molecule has 2 aliphatic rings. The van der Waals surface area contributed by atoms with E-state index < -0.39 is 36.1 Å². The molecule has 0 saturated heterocycles. The highest BCUT2D eigenvalue weighted by atomic mass is 16.5. The Bertz CT molecular complexity index is 1620. The summed E-state index contributed by atoms with van der Waals surface area (Å²) >= 11 is 0. The molecule has 2 aliphatic heterocycles. The predicted molar refractivity (Wildman–Crippen MR) is 140 cm³/mol. The number of aromatic hydroxyl groups is 6. The van der Waals surface area contributed by atoms with Crippen LogP contribution in [0.15, 0.2) is 66.7 Å². The summed E-state index contributed by atoms with van der Waals surface area (Å²) in [7, 11) is 0. The zero-order valence-electron chi connectivity index (χ0n) is 20.8. The van der Waals surface area contributed by atoms with Gasteiger partial charge in [0.25, 0.3) is 0 Å². The van der Waals surface area contributed by atoms with Crippen LogP contribution >= 0.6 is 0 Å². The first-order valence-electron chi connectivity index (χ1n) is 12.5. The Morgan fingerprint density at radius 3 is 1.82 bits per heavy atom. The van der Waals surface area contributed by atoms with Gasteiger partial charge in [-0.1, -0.05) is 18.2 Å². The third-order valence-corrected chi connectivity index (χ3v) is 7.47. The van der Waals surface area contributed by atoms with Gasteiger partial charge in [0.1, 0.15) is 35.2 Å². The first-order valence-corrected chi connectivity index (χ1v) is 12.5. The molecule has 5 atom stereocenters. The van der Waals surface area contributed by atoms with Crippen molar-refractivity contribution in [1.82, 2.24) is 0 Å². The van der Waals surface area contributed by atoms with Gasteiger partial charge in [-0.25, -0.2) is 0 Å². The topological polar surface area (TPSA) is 180 Å². The summed E-state index contributed by atoms with van der Waals surface area (Å²) < 4.78 is 12.0. The number of benzene rings is 4. The lowest BCUT2D eigenvalue weighted by molar-refractivity contribution is 0.00730. The smallest absolute Gasteiger partial charge is 0.157 e. The minimum atomic E-state index is -1.27. The van der Waals surface area contributed by atoms with Gasteiger partial charge in [0.05, 0.1) is 6.10 Å². The predicted octanol–water partition coefficient (Wildman–Crippen LogP) is 3.58. The van der Waals surface area contributed by atoms with Gasteiger partial charge in [-0.15, -0.1) is 0 Å². The van der Waals surface area contributed by atoms with Gasteiger partial charge < -0.3 is 50.3 Å². The number of phenols is 6. The van der Waals surface area contributed by atoms with Crippen molar-refractivity contribution in [3.63, 3.8) is 0 Å². The van der Waals surface area contributed by atoms with Crippen molar-refractivity contribution >= 4 is 0 Å². The maximum absolute atomic E-state index is 11.6. The Morgan fingerprint density at radius 1 is 0.550 bits per heavy atom. The zero-order chi connectivity index (χ0) is 28.3. The quantitative estimate of drug-likeness (QED) is 0.177. The van der Waals surface area contributed by atoms with E-state index in [2.05, 4.69) is 0 Å². The van der Waals surface area contributed by atoms with Gasteiger partial charge in [0, 0.05) is 35.6 Å². The number of rotatable bonds is 3. The fourth-order valence-corrected chi connectivity index (χ4v) is 5.49. The van der Waals surface area contributed by atoms with Crippen LogP contribution in [0.3, 0.4) is 0 Å². The average molecular weight is 547 g/mol. The summed E-state index contributed by atoms with van der Waals surface area (Å²) in [6.45, 7) is 0. The summed E-state index contributed by atoms with van der Waals surface area (Å²) in [6.07, 6.45) is -4.06. The monoisotopic (exact) mass is 546 g/mol. The Balaban J connectivity index is 1.41. The molecule has 40 heavy (non-hydrogen) atoms. The van der Waals surface area contributed by atoms with Crippen LogP contribution in [0, 0.1) is 0 Å². The number of phenolic OH excluding ortho intramolecular Hbond substituents is 6. The minimum Gasteiger partial charge on any atom is -0.508 e. The normalized spacial score (nSPS) is 23.4. The molecule has 206 valence electrons. The Labute approximate surface area is 227 Å². The van der Waals surface area contributed by atoms with Crippen molar-refractivity contribution in [1.29, 1.82) is 0 Å². The van der Waals surface area contributed by atoms with E-state index in [9.17, 15) is 40.9 Å². The van der Waals surface area contributed by atoms with Crippen LogP contribution in [0.25, 0.3) is 0 Å². The molecule has 0 bridgehead atoms. The molecule has 10 heteroatoms. The molecule has 8 N–H and O–H groups in total. The number of aliphatic hydroxyl groups is 2. The van der Waals surface area contributed by atoms with Gasteiger partial charge in [-0.2, -0.15) is 0 Å². The summed E-state index contributed by atoms with van der Waals surface area (Å²) in [6, 6.07) is 15.6. The minimum absolute atomic E-state index is 0.0707. The largest absolute Gasteiger partial charge is 0.508 e. The Hall–Kier alpha value is -4.80. The van der Waals surface area contributed by atoms with Crippen molar-refractivity contribution in [2.75, 3.05) is 0 Å². The highest BCUT2D eigenvalue weighted by molar-refractivity contribution is 5.57. The standard InChI is InChI=1S/C30H26O10/c31-16-3-4-17-26(11-16)40-30(14-2-6-20(33)23(36)9-14)28(38)27(17)18-7-15-10-24(37)29(39-25(15)12-21(18)34)13-1-5-19(32)22(35)8-13/h1-9,11-12,24,27-38H,10H2/t24-,27-,28-,29+,30+/m0/s1. The number of ether oxygens (including phenoxy) is 2. The van der Waals surface area contributed by atoms with E-state index in [4.69, 9.17) is 9.47 Å². The molecule has 0 aliphatic carbocycles. The molecule has 4 aromatic carbocycles. The first-order chi connectivity index (χ1) is 19.1. The maximum Gasteiger partial charge on any atom is 0.157 e. The highest BCUT2D eigenvalue weighted by Crippen LogP contribution is 2.51. The molecule has 0 aromatic heterocycles. The van der Waals surface area contributed by atoms with E-state index in [0.29, 0.717) is 33.6 Å². The summed E-state index contributed by atoms with van der Waals surface area (Å²) in [4.78, 5) is 0. The van der Waals surface area contributed by atoms with E-state index in [0.717, 1.165) is 0 Å². The van der Waals surface area contributed by atoms with E-state index in [1.807, 2.05) is 0 Å². The van der Waals surface area contributed by atoms with Crippen molar-refractivity contribution in [3.05, 3.63) is 94.5 Å². The fraction of sp³-hybridized carbons (Fsp3) is 0.200. The molecule has 0 amide bonds. The third kappa shape index (κ3) is 4.23. The molecular weight excluding hydrogens is 520 g/mol. The second-order valence-electron chi connectivity index (χ2n) is 10.1. The second-order valence-corrected chi connectivity index (χ2v) is 10.1. The average Bonchev–Trinajstić information content (AvgIpc) is 2.91. The SMILES string of the molecule is Oc1ccc2c(c1)O[C@H](c1ccc(O)c(O)c1)[C@@H](O)[C@@H]2c1cc2c(cc1O)O[C@H](c1ccc(O)c(O)c1)[C@@H](O)C2. The Kier molecular flexibility index (Phi) is 6.01. The van der Waals surface area contributed by atoms with Gasteiger partial charge >= 0.3 is 0 Å². The molecule has 0 spiro atoms. The summed E-state index contributed by atoms with van der Waals surface area (Å²) in [5, 5.41) is 83.0. The van der Waals surface area contributed by atoms with Crippen molar-refractivity contribution < 1.29 is 50.3 Å². The van der Waals surface area contributed by atoms with E-state index in [1.165, 1.54) is 54.6 Å². The molecular formula is C30H26O10.